The van der Waals surface area contributed by atoms with E-state index in [1.165, 1.54) is 32.0 Å². The van der Waals surface area contributed by atoms with Gasteiger partial charge < -0.3 is 5.32 Å². The molecule has 0 heterocycles. The van der Waals surface area contributed by atoms with Crippen molar-refractivity contribution in [3.8, 4) is 11.8 Å². The molecule has 0 saturated heterocycles. The summed E-state index contributed by atoms with van der Waals surface area (Å²) in [4.78, 5) is 21.9. The zero-order valence-corrected chi connectivity index (χ0v) is 10.3. The first-order chi connectivity index (χ1) is 8.50. The van der Waals surface area contributed by atoms with Crippen LogP contribution in [0.4, 0.5) is 4.39 Å². The molecule has 0 aromatic heterocycles. The molecule has 0 unspecified atom stereocenters. The summed E-state index contributed by atoms with van der Waals surface area (Å²) in [7, 11) is 0. The Labute approximate surface area is 105 Å². The highest BCUT2D eigenvalue weighted by atomic mass is 19.1. The second kappa shape index (κ2) is 6.55. The number of rotatable bonds is 3. The van der Waals surface area contributed by atoms with Crippen LogP contribution in [-0.4, -0.2) is 18.2 Å². The number of ketones is 1. The van der Waals surface area contributed by atoms with Gasteiger partial charge in [-0.05, 0) is 25.1 Å². The number of carbonyl (C=O) groups is 2. The van der Waals surface area contributed by atoms with Crippen molar-refractivity contribution in [3.63, 3.8) is 0 Å². The van der Waals surface area contributed by atoms with E-state index in [4.69, 9.17) is 0 Å². The maximum atomic E-state index is 13.1. The lowest BCUT2D eigenvalue weighted by molar-refractivity contribution is -0.118. The van der Waals surface area contributed by atoms with Crippen LogP contribution >= 0.6 is 0 Å². The van der Waals surface area contributed by atoms with E-state index in [2.05, 4.69) is 17.2 Å². The average Bonchev–Trinajstić information content (AvgIpc) is 2.27. The van der Waals surface area contributed by atoms with Crippen molar-refractivity contribution >= 4 is 11.7 Å². The van der Waals surface area contributed by atoms with E-state index in [0.717, 1.165) is 0 Å². The lowest BCUT2D eigenvalue weighted by Gasteiger charge is -2.00. The first-order valence-electron chi connectivity index (χ1n) is 5.54. The van der Waals surface area contributed by atoms with Gasteiger partial charge in [0.25, 0.3) is 0 Å². The molecule has 0 aliphatic carbocycles. The zero-order chi connectivity index (χ0) is 13.5. The summed E-state index contributed by atoms with van der Waals surface area (Å²) >= 11 is 0. The smallest absolute Gasteiger partial charge is 0.216 e. The van der Waals surface area contributed by atoms with Crippen molar-refractivity contribution in [2.75, 3.05) is 6.54 Å². The van der Waals surface area contributed by atoms with Crippen LogP contribution in [0.3, 0.4) is 0 Å². The second-order valence-corrected chi connectivity index (χ2v) is 3.78. The quantitative estimate of drug-likeness (QED) is 0.504. The minimum atomic E-state index is -0.425. The van der Waals surface area contributed by atoms with Gasteiger partial charge in [0.1, 0.15) is 5.82 Å². The number of hydrogen-bond acceptors (Lipinski definition) is 2. The number of hydrogen-bond donors (Lipinski definition) is 1. The summed E-state index contributed by atoms with van der Waals surface area (Å²) in [6.07, 6.45) is 0.452. The van der Waals surface area contributed by atoms with Crippen LogP contribution in [0.2, 0.25) is 0 Å². The maximum Gasteiger partial charge on any atom is 0.216 e. The van der Waals surface area contributed by atoms with Crippen LogP contribution in [0, 0.1) is 17.7 Å². The highest BCUT2D eigenvalue weighted by Gasteiger charge is 2.05. The monoisotopic (exact) mass is 247 g/mol. The fraction of sp³-hybridized carbons (Fsp3) is 0.286. The molecule has 0 aliphatic heterocycles. The van der Waals surface area contributed by atoms with Crippen LogP contribution in [0.1, 0.15) is 36.2 Å². The first-order valence-corrected chi connectivity index (χ1v) is 5.54. The van der Waals surface area contributed by atoms with Crippen molar-refractivity contribution in [3.05, 3.63) is 35.1 Å². The van der Waals surface area contributed by atoms with Crippen LogP contribution in [0.5, 0.6) is 0 Å². The van der Waals surface area contributed by atoms with Crippen molar-refractivity contribution in [1.82, 2.24) is 5.32 Å². The Morgan fingerprint density at radius 2 is 2.06 bits per heavy atom. The zero-order valence-electron chi connectivity index (χ0n) is 10.3. The summed E-state index contributed by atoms with van der Waals surface area (Å²) in [5.74, 6) is 4.85. The number of halogens is 1. The Balaban J connectivity index is 2.77. The van der Waals surface area contributed by atoms with E-state index in [-0.39, 0.29) is 11.7 Å². The van der Waals surface area contributed by atoms with Gasteiger partial charge in [-0.25, -0.2) is 4.39 Å². The van der Waals surface area contributed by atoms with Gasteiger partial charge in [-0.15, -0.1) is 0 Å². The molecule has 0 saturated carbocycles. The Bertz CT molecular complexity index is 526. The Hall–Kier alpha value is -2.15. The standard InChI is InChI=1S/C14H14FNO2/c1-10(17)14-7-6-13(15)9-12(14)5-3-4-8-16-11(2)18/h6-7,9H,4,8H2,1-2H3,(H,16,18). The lowest BCUT2D eigenvalue weighted by atomic mass is 10.0. The van der Waals surface area contributed by atoms with E-state index in [0.29, 0.717) is 24.1 Å². The molecule has 0 radical (unpaired) electrons. The van der Waals surface area contributed by atoms with Gasteiger partial charge >= 0.3 is 0 Å². The molecule has 1 aromatic rings. The predicted molar refractivity (Wildman–Crippen MR) is 66.6 cm³/mol. The largest absolute Gasteiger partial charge is 0.355 e. The number of amides is 1. The fourth-order valence-corrected chi connectivity index (χ4v) is 1.39. The highest BCUT2D eigenvalue weighted by molar-refractivity contribution is 5.96. The van der Waals surface area contributed by atoms with Crippen LogP contribution in [0.15, 0.2) is 18.2 Å². The third-order valence-corrected chi connectivity index (χ3v) is 2.21. The molecule has 0 atom stereocenters. The molecule has 1 amide bonds. The van der Waals surface area contributed by atoms with Gasteiger partial charge in [0, 0.05) is 31.0 Å². The third kappa shape index (κ3) is 4.38. The summed E-state index contributed by atoms with van der Waals surface area (Å²) in [6.45, 7) is 3.27. The van der Waals surface area contributed by atoms with Crippen molar-refractivity contribution in [1.29, 1.82) is 0 Å². The molecule has 0 fully saturated rings. The maximum absolute atomic E-state index is 13.1. The Kier molecular flexibility index (Phi) is 5.06. The molecule has 4 heteroatoms. The molecule has 1 aromatic carbocycles. The van der Waals surface area contributed by atoms with E-state index in [9.17, 15) is 14.0 Å². The normalized spacial score (nSPS) is 9.28. The molecule has 3 nitrogen and oxygen atoms in total. The summed E-state index contributed by atoms with van der Waals surface area (Å²) in [5, 5.41) is 2.60. The molecule has 0 bridgehead atoms. The number of nitrogens with one attached hydrogen (secondary N) is 1. The molecule has 1 N–H and O–H groups in total. The highest BCUT2D eigenvalue weighted by Crippen LogP contribution is 2.10. The van der Waals surface area contributed by atoms with E-state index >= 15 is 0 Å². The second-order valence-electron chi connectivity index (χ2n) is 3.78. The van der Waals surface area contributed by atoms with E-state index in [1.54, 1.807) is 0 Å². The van der Waals surface area contributed by atoms with Gasteiger partial charge in [-0.3, -0.25) is 9.59 Å². The topological polar surface area (TPSA) is 46.2 Å². The fourth-order valence-electron chi connectivity index (χ4n) is 1.39. The molecule has 0 aliphatic rings. The van der Waals surface area contributed by atoms with E-state index in [1.807, 2.05) is 0 Å². The number of benzene rings is 1. The van der Waals surface area contributed by atoms with Gasteiger partial charge in [0.05, 0.1) is 0 Å². The summed E-state index contributed by atoms with van der Waals surface area (Å²) in [5.41, 5.74) is 0.786. The molecular formula is C14H14FNO2. The number of carbonyl (C=O) groups excluding carboxylic acids is 2. The summed E-state index contributed by atoms with van der Waals surface area (Å²) < 4.78 is 13.1. The Morgan fingerprint density at radius 1 is 1.33 bits per heavy atom. The van der Waals surface area contributed by atoms with Crippen LogP contribution < -0.4 is 5.32 Å². The molecule has 18 heavy (non-hydrogen) atoms. The van der Waals surface area contributed by atoms with Crippen LogP contribution in [0.25, 0.3) is 0 Å². The van der Waals surface area contributed by atoms with Crippen molar-refractivity contribution in [2.24, 2.45) is 0 Å². The molecular weight excluding hydrogens is 233 g/mol. The third-order valence-electron chi connectivity index (χ3n) is 2.21. The van der Waals surface area contributed by atoms with Gasteiger partial charge in [-0.1, -0.05) is 11.8 Å². The van der Waals surface area contributed by atoms with Crippen LogP contribution in [-0.2, 0) is 4.79 Å². The molecule has 94 valence electrons. The first kappa shape index (κ1) is 13.9. The molecule has 0 spiro atoms. The van der Waals surface area contributed by atoms with Gasteiger partial charge in [-0.2, -0.15) is 0 Å². The molecule has 1 rings (SSSR count). The predicted octanol–water partition coefficient (Wildman–Crippen LogP) is 1.91. The average molecular weight is 247 g/mol. The Morgan fingerprint density at radius 3 is 2.67 bits per heavy atom. The SMILES string of the molecule is CC(=O)NCCC#Cc1cc(F)ccc1C(C)=O. The van der Waals surface area contributed by atoms with Gasteiger partial charge in [0.2, 0.25) is 5.91 Å². The minimum Gasteiger partial charge on any atom is -0.355 e. The number of Topliss-reactive ketones (excluding diaryl/α,β-unsaturated/α-hetero) is 1. The summed E-state index contributed by atoms with van der Waals surface area (Å²) in [6, 6.07) is 3.90. The van der Waals surface area contributed by atoms with Gasteiger partial charge in [0.15, 0.2) is 5.78 Å². The van der Waals surface area contributed by atoms with Crippen molar-refractivity contribution < 1.29 is 14.0 Å². The van der Waals surface area contributed by atoms with Crippen molar-refractivity contribution in [2.45, 2.75) is 20.3 Å². The minimum absolute atomic E-state index is 0.119. The lowest BCUT2D eigenvalue weighted by Crippen LogP contribution is -2.20. The van der Waals surface area contributed by atoms with E-state index < -0.39 is 5.82 Å².